The molecule has 1 aliphatic heterocycles. The summed E-state index contributed by atoms with van der Waals surface area (Å²) in [6.45, 7) is 1.32. The van der Waals surface area contributed by atoms with Gasteiger partial charge in [-0.15, -0.1) is 0 Å². The molecule has 0 radical (unpaired) electrons. The number of benzene rings is 1. The van der Waals surface area contributed by atoms with Gasteiger partial charge in [0.1, 0.15) is 5.82 Å². The molecule has 1 amide bonds. The van der Waals surface area contributed by atoms with Crippen molar-refractivity contribution in [3.63, 3.8) is 0 Å². The van der Waals surface area contributed by atoms with Crippen LogP contribution in [0.2, 0.25) is 0 Å². The maximum Gasteiger partial charge on any atom is 0.237 e. The van der Waals surface area contributed by atoms with Crippen LogP contribution in [0.3, 0.4) is 0 Å². The average Bonchev–Trinajstić information content (AvgIpc) is 2.41. The van der Waals surface area contributed by atoms with Crippen molar-refractivity contribution in [3.8, 4) is 0 Å². The Hall–Kier alpha value is -0.940. The average molecular weight is 329 g/mol. The fourth-order valence-corrected chi connectivity index (χ4v) is 2.85. The van der Waals surface area contributed by atoms with E-state index in [2.05, 4.69) is 26.1 Å². The third kappa shape index (κ3) is 3.54. The van der Waals surface area contributed by atoms with Crippen LogP contribution in [-0.2, 0) is 11.3 Å². The van der Waals surface area contributed by atoms with E-state index in [1.54, 1.807) is 13.1 Å². The molecule has 5 heteroatoms. The maximum absolute atomic E-state index is 13.9. The van der Waals surface area contributed by atoms with Gasteiger partial charge in [0.05, 0.1) is 6.04 Å². The van der Waals surface area contributed by atoms with E-state index in [1.807, 2.05) is 6.07 Å². The Kier molecular flexibility index (Phi) is 4.93. The summed E-state index contributed by atoms with van der Waals surface area (Å²) in [6.07, 6.45) is 2.96. The fraction of sp³-hybridized carbons (Fsp3) is 0.500. The number of carbonyl (C=O) groups is 1. The zero-order chi connectivity index (χ0) is 13.8. The molecule has 0 spiro atoms. The van der Waals surface area contributed by atoms with Crippen LogP contribution < -0.4 is 5.32 Å². The summed E-state index contributed by atoms with van der Waals surface area (Å²) in [4.78, 5) is 13.9. The lowest BCUT2D eigenvalue weighted by Gasteiger charge is -2.34. The molecule has 1 aliphatic rings. The molecule has 0 bridgehead atoms. The second kappa shape index (κ2) is 6.48. The molecule has 2 rings (SSSR count). The van der Waals surface area contributed by atoms with E-state index in [4.69, 9.17) is 0 Å². The molecule has 1 aromatic rings. The number of halogens is 2. The highest BCUT2D eigenvalue weighted by Gasteiger charge is 2.28. The van der Waals surface area contributed by atoms with Crippen LogP contribution >= 0.6 is 15.9 Å². The third-order valence-corrected chi connectivity index (χ3v) is 4.04. The van der Waals surface area contributed by atoms with Gasteiger partial charge < -0.3 is 5.32 Å². The molecule has 1 atom stereocenters. The number of hydrogen-bond acceptors (Lipinski definition) is 2. The second-order valence-corrected chi connectivity index (χ2v) is 5.75. The summed E-state index contributed by atoms with van der Waals surface area (Å²) in [5.74, 6) is -0.201. The Labute approximate surface area is 121 Å². The van der Waals surface area contributed by atoms with Crippen molar-refractivity contribution in [2.45, 2.75) is 31.8 Å². The van der Waals surface area contributed by atoms with Crippen LogP contribution in [0.25, 0.3) is 0 Å². The van der Waals surface area contributed by atoms with Crippen molar-refractivity contribution < 1.29 is 9.18 Å². The highest BCUT2D eigenvalue weighted by molar-refractivity contribution is 9.10. The number of likely N-dealkylation sites (tertiary alicyclic amines) is 1. The number of nitrogens with one attached hydrogen (secondary N) is 1. The minimum atomic E-state index is -0.226. The van der Waals surface area contributed by atoms with Gasteiger partial charge in [0, 0.05) is 23.6 Å². The lowest BCUT2D eigenvalue weighted by atomic mass is 10.0. The number of carbonyl (C=O) groups excluding carboxylic acids is 1. The molecule has 0 aromatic heterocycles. The van der Waals surface area contributed by atoms with Crippen molar-refractivity contribution in [3.05, 3.63) is 34.1 Å². The number of likely N-dealkylation sites (N-methyl/N-ethyl adjacent to an activating group) is 1. The number of nitrogens with zero attached hydrogens (tertiary/aromatic N) is 1. The van der Waals surface area contributed by atoms with Gasteiger partial charge in [0.2, 0.25) is 5.91 Å². The van der Waals surface area contributed by atoms with Crippen molar-refractivity contribution in [1.82, 2.24) is 10.2 Å². The van der Waals surface area contributed by atoms with Gasteiger partial charge in [0.15, 0.2) is 0 Å². The SMILES string of the molecule is CNC(=O)C1CCCCN1Cc1ccc(Br)cc1F. The fourth-order valence-electron chi connectivity index (χ4n) is 2.51. The highest BCUT2D eigenvalue weighted by atomic mass is 79.9. The Morgan fingerprint density at radius 2 is 2.32 bits per heavy atom. The standard InChI is InChI=1S/C14H18BrFN2O/c1-17-14(19)13-4-2-3-7-18(13)9-10-5-6-11(15)8-12(10)16/h5-6,8,13H,2-4,7,9H2,1H3,(H,17,19). The van der Waals surface area contributed by atoms with Crippen LogP contribution in [0.15, 0.2) is 22.7 Å². The number of rotatable bonds is 3. The molecular formula is C14H18BrFN2O. The molecule has 19 heavy (non-hydrogen) atoms. The first-order valence-corrected chi connectivity index (χ1v) is 7.30. The Balaban J connectivity index is 2.13. The molecule has 1 fully saturated rings. The Morgan fingerprint density at radius 1 is 1.53 bits per heavy atom. The van der Waals surface area contributed by atoms with E-state index in [9.17, 15) is 9.18 Å². The Morgan fingerprint density at radius 3 is 3.00 bits per heavy atom. The molecule has 3 nitrogen and oxygen atoms in total. The summed E-state index contributed by atoms with van der Waals surface area (Å²) in [7, 11) is 1.65. The van der Waals surface area contributed by atoms with E-state index in [0.717, 1.165) is 30.3 Å². The van der Waals surface area contributed by atoms with E-state index >= 15 is 0 Å². The van der Waals surface area contributed by atoms with Gasteiger partial charge in [-0.05, 0) is 31.5 Å². The molecule has 1 N–H and O–H groups in total. The lowest BCUT2D eigenvalue weighted by Crippen LogP contribution is -2.48. The molecule has 1 unspecified atom stereocenters. The van der Waals surface area contributed by atoms with E-state index in [-0.39, 0.29) is 17.8 Å². The first kappa shape index (κ1) is 14.5. The van der Waals surface area contributed by atoms with Crippen LogP contribution in [-0.4, -0.2) is 30.4 Å². The van der Waals surface area contributed by atoms with Gasteiger partial charge in [-0.2, -0.15) is 0 Å². The van der Waals surface area contributed by atoms with Gasteiger partial charge in [-0.1, -0.05) is 28.4 Å². The normalized spacial score (nSPS) is 20.3. The monoisotopic (exact) mass is 328 g/mol. The predicted molar refractivity (Wildman–Crippen MR) is 76.2 cm³/mol. The zero-order valence-electron chi connectivity index (χ0n) is 11.0. The summed E-state index contributed by atoms with van der Waals surface area (Å²) in [5.41, 5.74) is 0.638. The van der Waals surface area contributed by atoms with E-state index in [0.29, 0.717) is 12.1 Å². The van der Waals surface area contributed by atoms with Crippen molar-refractivity contribution >= 4 is 21.8 Å². The summed E-state index contributed by atoms with van der Waals surface area (Å²) in [6, 6.07) is 4.93. The molecule has 1 aromatic carbocycles. The van der Waals surface area contributed by atoms with Gasteiger partial charge >= 0.3 is 0 Å². The van der Waals surface area contributed by atoms with Crippen molar-refractivity contribution in [2.75, 3.05) is 13.6 Å². The second-order valence-electron chi connectivity index (χ2n) is 4.83. The van der Waals surface area contributed by atoms with Gasteiger partial charge in [-0.25, -0.2) is 4.39 Å². The van der Waals surface area contributed by atoms with Crippen LogP contribution in [0, 0.1) is 5.82 Å². The maximum atomic E-state index is 13.9. The number of piperidine rings is 1. The van der Waals surface area contributed by atoms with Crippen LogP contribution in [0.4, 0.5) is 4.39 Å². The minimum Gasteiger partial charge on any atom is -0.358 e. The summed E-state index contributed by atoms with van der Waals surface area (Å²) in [5, 5.41) is 2.69. The van der Waals surface area contributed by atoms with Crippen LogP contribution in [0.5, 0.6) is 0 Å². The molecular weight excluding hydrogens is 311 g/mol. The highest BCUT2D eigenvalue weighted by Crippen LogP contribution is 2.22. The molecule has 1 saturated heterocycles. The molecule has 1 heterocycles. The van der Waals surface area contributed by atoms with Crippen molar-refractivity contribution in [1.29, 1.82) is 0 Å². The van der Waals surface area contributed by atoms with Crippen LogP contribution in [0.1, 0.15) is 24.8 Å². The van der Waals surface area contributed by atoms with Gasteiger partial charge in [0.25, 0.3) is 0 Å². The van der Waals surface area contributed by atoms with Gasteiger partial charge in [-0.3, -0.25) is 9.69 Å². The number of amides is 1. The van der Waals surface area contributed by atoms with E-state index < -0.39 is 0 Å². The predicted octanol–water partition coefficient (Wildman–Crippen LogP) is 2.69. The summed E-state index contributed by atoms with van der Waals surface area (Å²) < 4.78 is 14.6. The topological polar surface area (TPSA) is 32.3 Å². The largest absolute Gasteiger partial charge is 0.358 e. The first-order chi connectivity index (χ1) is 9.11. The molecule has 0 aliphatic carbocycles. The molecule has 104 valence electrons. The third-order valence-electron chi connectivity index (χ3n) is 3.55. The molecule has 0 saturated carbocycles. The minimum absolute atomic E-state index is 0.0252. The van der Waals surface area contributed by atoms with Crippen molar-refractivity contribution in [2.24, 2.45) is 0 Å². The first-order valence-electron chi connectivity index (χ1n) is 6.51. The Bertz CT molecular complexity index is 467. The quantitative estimate of drug-likeness (QED) is 0.925. The number of hydrogen-bond donors (Lipinski definition) is 1. The zero-order valence-corrected chi connectivity index (χ0v) is 12.5. The lowest BCUT2D eigenvalue weighted by molar-refractivity contribution is -0.127. The van der Waals surface area contributed by atoms with E-state index in [1.165, 1.54) is 6.07 Å². The smallest absolute Gasteiger partial charge is 0.237 e. The summed E-state index contributed by atoms with van der Waals surface area (Å²) >= 11 is 3.25.